The van der Waals surface area contributed by atoms with E-state index in [1.165, 1.54) is 46.3 Å². The van der Waals surface area contributed by atoms with E-state index < -0.39 is 0 Å². The molecule has 0 fully saturated rings. The first-order valence-corrected chi connectivity index (χ1v) is 9.92. The van der Waals surface area contributed by atoms with E-state index in [-0.39, 0.29) is 0 Å². The second-order valence-electron chi connectivity index (χ2n) is 6.75. The quantitative estimate of drug-likeness (QED) is 0.530. The number of thioether (sulfide) groups is 1. The number of H-pyrrole nitrogens is 1. The van der Waals surface area contributed by atoms with Crippen LogP contribution in [0, 0.1) is 6.92 Å². The standard InChI is InChI=1S/C21H24N2S/c1-15-10-11-19-18(14-15)17-8-5-9-20(21(17)23-19)22-12-13-24-16-6-3-2-4-7-16/h2-4,6-7,10-11,14,20,22-23H,5,8-9,12-13H2,1H3/p+1/t20-/m1/s1. The minimum Gasteiger partial charge on any atom is -0.353 e. The Labute approximate surface area is 148 Å². The van der Waals surface area contributed by atoms with Crippen molar-refractivity contribution < 1.29 is 5.32 Å². The summed E-state index contributed by atoms with van der Waals surface area (Å²) >= 11 is 1.96. The van der Waals surface area contributed by atoms with Crippen LogP contribution in [0.3, 0.4) is 0 Å². The largest absolute Gasteiger partial charge is 0.353 e. The van der Waals surface area contributed by atoms with Crippen LogP contribution in [-0.4, -0.2) is 17.3 Å². The highest BCUT2D eigenvalue weighted by atomic mass is 32.2. The molecule has 1 aliphatic rings. The van der Waals surface area contributed by atoms with Crippen molar-refractivity contribution in [3.63, 3.8) is 0 Å². The predicted octanol–water partition coefficient (Wildman–Crippen LogP) is 4.21. The third kappa shape index (κ3) is 3.24. The Morgan fingerprint density at radius 3 is 2.92 bits per heavy atom. The minimum atomic E-state index is 0.595. The Bertz CT molecular complexity index is 822. The molecule has 124 valence electrons. The summed E-state index contributed by atoms with van der Waals surface area (Å²) in [4.78, 5) is 5.09. The van der Waals surface area contributed by atoms with Gasteiger partial charge in [-0.15, -0.1) is 11.8 Å². The van der Waals surface area contributed by atoms with Gasteiger partial charge in [0.2, 0.25) is 0 Å². The van der Waals surface area contributed by atoms with Gasteiger partial charge in [0.25, 0.3) is 0 Å². The second kappa shape index (κ2) is 7.04. The van der Waals surface area contributed by atoms with E-state index in [4.69, 9.17) is 0 Å². The van der Waals surface area contributed by atoms with Crippen LogP contribution in [-0.2, 0) is 6.42 Å². The lowest BCUT2D eigenvalue weighted by molar-refractivity contribution is -0.694. The first kappa shape index (κ1) is 15.8. The van der Waals surface area contributed by atoms with Crippen LogP contribution < -0.4 is 5.32 Å². The lowest BCUT2D eigenvalue weighted by Crippen LogP contribution is -2.86. The molecular formula is C21H25N2S+. The van der Waals surface area contributed by atoms with Crippen LogP contribution >= 0.6 is 11.8 Å². The molecule has 3 N–H and O–H groups in total. The topological polar surface area (TPSA) is 32.4 Å². The molecule has 3 aromatic rings. The molecule has 3 heteroatoms. The van der Waals surface area contributed by atoms with Crippen LogP contribution in [0.15, 0.2) is 53.4 Å². The Hall–Kier alpha value is -1.71. The zero-order chi connectivity index (χ0) is 16.4. The number of nitrogens with one attached hydrogen (secondary N) is 1. The van der Waals surface area contributed by atoms with Crippen LogP contribution in [0.2, 0.25) is 0 Å². The van der Waals surface area contributed by atoms with Crippen molar-refractivity contribution in [1.82, 2.24) is 4.98 Å². The number of aromatic nitrogens is 1. The number of hydrogen-bond donors (Lipinski definition) is 2. The van der Waals surface area contributed by atoms with Crippen molar-refractivity contribution in [1.29, 1.82) is 0 Å². The van der Waals surface area contributed by atoms with Crippen molar-refractivity contribution in [2.45, 2.75) is 37.1 Å². The molecule has 2 nitrogen and oxygen atoms in total. The van der Waals surface area contributed by atoms with Crippen molar-refractivity contribution >= 4 is 22.7 Å². The first-order chi connectivity index (χ1) is 11.8. The van der Waals surface area contributed by atoms with Gasteiger partial charge in [0.15, 0.2) is 0 Å². The third-order valence-electron chi connectivity index (χ3n) is 4.99. The van der Waals surface area contributed by atoms with Crippen LogP contribution in [0.4, 0.5) is 0 Å². The van der Waals surface area contributed by atoms with Gasteiger partial charge in [0.05, 0.1) is 12.2 Å². The number of benzene rings is 2. The number of nitrogens with two attached hydrogens (primary N) is 1. The average molecular weight is 338 g/mol. The van der Waals surface area contributed by atoms with E-state index in [1.807, 2.05) is 11.8 Å². The van der Waals surface area contributed by atoms with Crippen molar-refractivity contribution in [3.8, 4) is 0 Å². The van der Waals surface area contributed by atoms with E-state index in [9.17, 15) is 0 Å². The average Bonchev–Trinajstić information content (AvgIpc) is 2.98. The zero-order valence-corrected chi connectivity index (χ0v) is 15.0. The predicted molar refractivity (Wildman–Crippen MR) is 103 cm³/mol. The normalized spacial score (nSPS) is 17.1. The SMILES string of the molecule is Cc1ccc2[nH]c3c(c2c1)CCC[C@H]3[NH2+]CCSc1ccccc1. The highest BCUT2D eigenvalue weighted by molar-refractivity contribution is 7.99. The highest BCUT2D eigenvalue weighted by Gasteiger charge is 2.26. The fraction of sp³-hybridized carbons (Fsp3) is 0.333. The molecule has 1 atom stereocenters. The summed E-state index contributed by atoms with van der Waals surface area (Å²) in [7, 11) is 0. The van der Waals surface area contributed by atoms with Crippen molar-refractivity contribution in [2.75, 3.05) is 12.3 Å². The van der Waals surface area contributed by atoms with E-state index >= 15 is 0 Å². The first-order valence-electron chi connectivity index (χ1n) is 8.93. The van der Waals surface area contributed by atoms with Crippen LogP contribution in [0.25, 0.3) is 10.9 Å². The van der Waals surface area contributed by atoms with Gasteiger partial charge >= 0.3 is 0 Å². The summed E-state index contributed by atoms with van der Waals surface area (Å²) in [5.41, 5.74) is 5.71. The van der Waals surface area contributed by atoms with Gasteiger partial charge in [0, 0.05) is 28.0 Å². The number of quaternary nitrogens is 1. The van der Waals surface area contributed by atoms with Gasteiger partial charge in [-0.3, -0.25) is 0 Å². The molecule has 24 heavy (non-hydrogen) atoms. The molecule has 0 radical (unpaired) electrons. The number of fused-ring (bicyclic) bond motifs is 3. The lowest BCUT2D eigenvalue weighted by atomic mass is 9.91. The fourth-order valence-electron chi connectivity index (χ4n) is 3.81. The molecule has 1 aliphatic carbocycles. The van der Waals surface area contributed by atoms with E-state index in [0.717, 1.165) is 12.3 Å². The Morgan fingerprint density at radius 1 is 1.17 bits per heavy atom. The number of aryl methyl sites for hydroxylation is 2. The molecule has 0 unspecified atom stereocenters. The Kier molecular flexibility index (Phi) is 4.63. The summed E-state index contributed by atoms with van der Waals surface area (Å²) in [5, 5.41) is 3.98. The van der Waals surface area contributed by atoms with Gasteiger partial charge in [0.1, 0.15) is 6.04 Å². The summed E-state index contributed by atoms with van der Waals surface area (Å²) in [6.07, 6.45) is 3.82. The molecule has 0 aliphatic heterocycles. The van der Waals surface area contributed by atoms with Gasteiger partial charge in [-0.1, -0.05) is 29.8 Å². The molecule has 1 heterocycles. The maximum Gasteiger partial charge on any atom is 0.127 e. The van der Waals surface area contributed by atoms with E-state index in [0.29, 0.717) is 6.04 Å². The van der Waals surface area contributed by atoms with Gasteiger partial charge in [-0.25, -0.2) is 0 Å². The maximum absolute atomic E-state index is 3.71. The maximum atomic E-state index is 3.71. The Balaban J connectivity index is 1.43. The summed E-state index contributed by atoms with van der Waals surface area (Å²) in [6, 6.07) is 18.1. The van der Waals surface area contributed by atoms with Crippen molar-refractivity contribution in [2.24, 2.45) is 0 Å². The number of aromatic amines is 1. The monoisotopic (exact) mass is 337 g/mol. The molecule has 1 aromatic heterocycles. The van der Waals surface area contributed by atoms with Crippen LogP contribution in [0.5, 0.6) is 0 Å². The summed E-state index contributed by atoms with van der Waals surface area (Å²) < 4.78 is 0. The molecule has 0 bridgehead atoms. The Morgan fingerprint density at radius 2 is 2.04 bits per heavy atom. The highest BCUT2D eigenvalue weighted by Crippen LogP contribution is 2.33. The van der Waals surface area contributed by atoms with Gasteiger partial charge < -0.3 is 10.3 Å². The molecule has 0 amide bonds. The smallest absolute Gasteiger partial charge is 0.127 e. The summed E-state index contributed by atoms with van der Waals surface area (Å²) in [6.45, 7) is 3.35. The second-order valence-corrected chi connectivity index (χ2v) is 7.92. The molecule has 0 spiro atoms. The zero-order valence-electron chi connectivity index (χ0n) is 14.2. The van der Waals surface area contributed by atoms with Gasteiger partial charge in [-0.05, 0) is 49.6 Å². The fourth-order valence-corrected chi connectivity index (χ4v) is 4.65. The molecular weight excluding hydrogens is 312 g/mol. The van der Waals surface area contributed by atoms with Crippen molar-refractivity contribution in [3.05, 3.63) is 65.4 Å². The number of rotatable bonds is 5. The number of hydrogen-bond acceptors (Lipinski definition) is 1. The molecule has 0 saturated heterocycles. The molecule has 4 rings (SSSR count). The molecule has 0 saturated carbocycles. The lowest BCUT2D eigenvalue weighted by Gasteiger charge is -2.21. The summed E-state index contributed by atoms with van der Waals surface area (Å²) in [5.74, 6) is 1.16. The van der Waals surface area contributed by atoms with Crippen LogP contribution in [0.1, 0.15) is 35.7 Å². The van der Waals surface area contributed by atoms with Gasteiger partial charge in [-0.2, -0.15) is 0 Å². The third-order valence-corrected chi connectivity index (χ3v) is 6.03. The van der Waals surface area contributed by atoms with E-state index in [2.05, 4.69) is 65.8 Å². The minimum absolute atomic E-state index is 0.595. The van der Waals surface area contributed by atoms with E-state index in [1.54, 1.807) is 5.56 Å². The molecule has 2 aromatic carbocycles.